The molecule has 0 aliphatic carbocycles. The Kier molecular flexibility index (Phi) is 8.03. The normalized spacial score (nSPS) is 13.3. The highest BCUT2D eigenvalue weighted by molar-refractivity contribution is 4.63. The van der Waals surface area contributed by atoms with Gasteiger partial charge in [-0.3, -0.25) is 0 Å². The Morgan fingerprint density at radius 1 is 0.778 bits per heavy atom. The third kappa shape index (κ3) is 8.03. The van der Waals surface area contributed by atoms with E-state index in [0.29, 0.717) is 0 Å². The summed E-state index contributed by atoms with van der Waals surface area (Å²) in [6.45, 7) is 14.1. The first kappa shape index (κ1) is 17.8. The van der Waals surface area contributed by atoms with E-state index < -0.39 is 6.29 Å². The summed E-state index contributed by atoms with van der Waals surface area (Å²) >= 11 is 0. The minimum absolute atomic E-state index is 0.310. The summed E-state index contributed by atoms with van der Waals surface area (Å²) in [5, 5.41) is 0. The maximum absolute atomic E-state index is 5.39. The molecule has 0 unspecified atom stereocenters. The third-order valence-electron chi connectivity index (χ3n) is 2.99. The van der Waals surface area contributed by atoms with E-state index in [4.69, 9.17) is 19.6 Å². The van der Waals surface area contributed by atoms with Gasteiger partial charge in [-0.25, -0.2) is 19.6 Å². The van der Waals surface area contributed by atoms with Gasteiger partial charge in [0.05, 0.1) is 11.2 Å². The zero-order valence-corrected chi connectivity index (χ0v) is 13.0. The van der Waals surface area contributed by atoms with Crippen molar-refractivity contribution >= 4 is 0 Å². The maximum atomic E-state index is 5.39. The lowest BCUT2D eigenvalue weighted by Crippen LogP contribution is -2.31. The molecule has 0 aromatic rings. The lowest BCUT2D eigenvalue weighted by molar-refractivity contribution is -0.500. The van der Waals surface area contributed by atoms with Crippen LogP contribution < -0.4 is 0 Å². The molecule has 4 heteroatoms. The topological polar surface area (TPSA) is 36.9 Å². The Balaban J connectivity index is 4.15. The third-order valence-corrected chi connectivity index (χ3v) is 2.99. The fraction of sp³-hybridized carbons (Fsp3) is 1.00. The van der Waals surface area contributed by atoms with Crippen LogP contribution in [-0.2, 0) is 19.6 Å². The fourth-order valence-electron chi connectivity index (χ4n) is 0.834. The van der Waals surface area contributed by atoms with E-state index in [1.54, 1.807) is 0 Å². The SMILES string of the molecule is CCCC(OOC(C)(C)CC)OOC(C)(C)CC. The predicted molar refractivity (Wildman–Crippen MR) is 71.8 cm³/mol. The van der Waals surface area contributed by atoms with Gasteiger partial charge in [0.25, 0.3) is 0 Å². The second-order valence-corrected chi connectivity index (χ2v) is 5.80. The van der Waals surface area contributed by atoms with Crippen molar-refractivity contribution in [2.75, 3.05) is 0 Å². The molecule has 0 N–H and O–H groups in total. The van der Waals surface area contributed by atoms with E-state index in [2.05, 4.69) is 20.8 Å². The van der Waals surface area contributed by atoms with Crippen molar-refractivity contribution in [2.24, 2.45) is 0 Å². The molecule has 0 amide bonds. The van der Waals surface area contributed by atoms with E-state index in [0.717, 1.165) is 25.7 Å². The van der Waals surface area contributed by atoms with Crippen molar-refractivity contribution in [3.63, 3.8) is 0 Å². The van der Waals surface area contributed by atoms with Gasteiger partial charge < -0.3 is 0 Å². The lowest BCUT2D eigenvalue weighted by Gasteiger charge is -2.27. The summed E-state index contributed by atoms with van der Waals surface area (Å²) in [6, 6.07) is 0. The van der Waals surface area contributed by atoms with Gasteiger partial charge in [-0.05, 0) is 40.5 Å². The highest BCUT2D eigenvalue weighted by Crippen LogP contribution is 2.20. The van der Waals surface area contributed by atoms with Crippen LogP contribution in [0.15, 0.2) is 0 Å². The monoisotopic (exact) mass is 262 g/mol. The van der Waals surface area contributed by atoms with Gasteiger partial charge in [0.15, 0.2) is 0 Å². The Morgan fingerprint density at radius 3 is 1.44 bits per heavy atom. The molecule has 0 atom stereocenters. The quantitative estimate of drug-likeness (QED) is 0.332. The summed E-state index contributed by atoms with van der Waals surface area (Å²) in [5.41, 5.74) is -0.620. The van der Waals surface area contributed by atoms with Crippen molar-refractivity contribution < 1.29 is 19.6 Å². The van der Waals surface area contributed by atoms with Crippen molar-refractivity contribution in [2.45, 2.75) is 91.6 Å². The molecule has 0 fully saturated rings. The van der Waals surface area contributed by atoms with E-state index in [1.165, 1.54) is 0 Å². The smallest absolute Gasteiger partial charge is 0.224 e. The number of hydrogen-bond donors (Lipinski definition) is 0. The minimum atomic E-state index is -0.480. The molecule has 0 bridgehead atoms. The minimum Gasteiger partial charge on any atom is -0.228 e. The standard InChI is InChI=1S/C14H30O4/c1-8-11-12(15-17-13(4,5)9-2)16-18-14(6,7)10-3/h12H,8-11H2,1-7H3. The Bertz CT molecular complexity index is 194. The van der Waals surface area contributed by atoms with Crippen LogP contribution in [-0.4, -0.2) is 17.5 Å². The summed E-state index contributed by atoms with van der Waals surface area (Å²) < 4.78 is 0. The summed E-state index contributed by atoms with van der Waals surface area (Å²) in [5.74, 6) is 0. The predicted octanol–water partition coefficient (Wildman–Crippen LogP) is 4.39. The van der Waals surface area contributed by atoms with Crippen molar-refractivity contribution in [3.8, 4) is 0 Å². The van der Waals surface area contributed by atoms with Crippen molar-refractivity contribution in [3.05, 3.63) is 0 Å². The molecule has 18 heavy (non-hydrogen) atoms. The molecule has 4 nitrogen and oxygen atoms in total. The van der Waals surface area contributed by atoms with Crippen LogP contribution in [0.3, 0.4) is 0 Å². The molecular formula is C14H30O4. The van der Waals surface area contributed by atoms with Gasteiger partial charge in [-0.2, -0.15) is 0 Å². The van der Waals surface area contributed by atoms with Gasteiger partial charge in [0.2, 0.25) is 6.29 Å². The van der Waals surface area contributed by atoms with Crippen LogP contribution in [0, 0.1) is 0 Å². The summed E-state index contributed by atoms with van der Waals surface area (Å²) in [6.07, 6.45) is 2.93. The van der Waals surface area contributed by atoms with Crippen molar-refractivity contribution in [1.82, 2.24) is 0 Å². The molecular weight excluding hydrogens is 232 g/mol. The van der Waals surface area contributed by atoms with E-state index in [-0.39, 0.29) is 11.2 Å². The van der Waals surface area contributed by atoms with Crippen LogP contribution in [0.25, 0.3) is 0 Å². The van der Waals surface area contributed by atoms with Crippen LogP contribution >= 0.6 is 0 Å². The Morgan fingerprint density at radius 2 is 1.17 bits per heavy atom. The molecule has 0 saturated heterocycles. The highest BCUT2D eigenvalue weighted by atomic mass is 17.3. The van der Waals surface area contributed by atoms with E-state index in [1.807, 2.05) is 27.7 Å². The molecule has 0 spiro atoms. The zero-order valence-electron chi connectivity index (χ0n) is 13.0. The van der Waals surface area contributed by atoms with Crippen molar-refractivity contribution in [1.29, 1.82) is 0 Å². The molecule has 0 rings (SSSR count). The van der Waals surface area contributed by atoms with Gasteiger partial charge in [0, 0.05) is 6.42 Å². The van der Waals surface area contributed by atoms with Gasteiger partial charge in [0.1, 0.15) is 0 Å². The molecule has 0 heterocycles. The molecule has 0 radical (unpaired) electrons. The first-order chi connectivity index (χ1) is 8.26. The highest BCUT2D eigenvalue weighted by Gasteiger charge is 2.24. The van der Waals surface area contributed by atoms with Gasteiger partial charge >= 0.3 is 0 Å². The van der Waals surface area contributed by atoms with Crippen LogP contribution in [0.1, 0.15) is 74.1 Å². The maximum Gasteiger partial charge on any atom is 0.224 e. The Hall–Kier alpha value is -0.160. The van der Waals surface area contributed by atoms with Crippen LogP contribution in [0.2, 0.25) is 0 Å². The molecule has 0 aromatic carbocycles. The average molecular weight is 262 g/mol. The molecule has 0 aliphatic heterocycles. The molecule has 0 aromatic heterocycles. The first-order valence-corrected chi connectivity index (χ1v) is 6.95. The fourth-order valence-corrected chi connectivity index (χ4v) is 0.834. The zero-order chi connectivity index (χ0) is 14.2. The number of rotatable bonds is 10. The second-order valence-electron chi connectivity index (χ2n) is 5.80. The van der Waals surface area contributed by atoms with Gasteiger partial charge in [-0.15, -0.1) is 0 Å². The largest absolute Gasteiger partial charge is 0.228 e. The summed E-state index contributed by atoms with van der Waals surface area (Å²) in [7, 11) is 0. The summed E-state index contributed by atoms with van der Waals surface area (Å²) in [4.78, 5) is 21.4. The molecule has 0 saturated carbocycles. The van der Waals surface area contributed by atoms with E-state index in [9.17, 15) is 0 Å². The van der Waals surface area contributed by atoms with Gasteiger partial charge in [-0.1, -0.05) is 27.2 Å². The lowest BCUT2D eigenvalue weighted by atomic mass is 10.1. The van der Waals surface area contributed by atoms with Crippen LogP contribution in [0.5, 0.6) is 0 Å². The second kappa shape index (κ2) is 8.10. The Labute approximate surface area is 112 Å². The van der Waals surface area contributed by atoms with E-state index >= 15 is 0 Å². The number of hydrogen-bond acceptors (Lipinski definition) is 4. The van der Waals surface area contributed by atoms with Crippen LogP contribution in [0.4, 0.5) is 0 Å². The molecule has 110 valence electrons. The first-order valence-electron chi connectivity index (χ1n) is 6.95. The average Bonchev–Trinajstić information content (AvgIpc) is 2.33. The molecule has 0 aliphatic rings.